The van der Waals surface area contributed by atoms with Crippen molar-refractivity contribution < 1.29 is 17.9 Å². The van der Waals surface area contributed by atoms with Crippen LogP contribution in [0.4, 0.5) is 5.69 Å². The van der Waals surface area contributed by atoms with Gasteiger partial charge in [0.15, 0.2) is 6.29 Å². The minimum atomic E-state index is -3.79. The van der Waals surface area contributed by atoms with Gasteiger partial charge < -0.3 is 9.47 Å². The maximum Gasteiger partial charge on any atom is 0.261 e. The highest BCUT2D eigenvalue weighted by atomic mass is 79.9. The fourth-order valence-corrected chi connectivity index (χ4v) is 3.68. The third-order valence-corrected chi connectivity index (χ3v) is 5.34. The molecule has 136 valence electrons. The summed E-state index contributed by atoms with van der Waals surface area (Å²) in [6.07, 6.45) is 0.830. The summed E-state index contributed by atoms with van der Waals surface area (Å²) in [4.78, 5) is 4.06. The highest BCUT2D eigenvalue weighted by Crippen LogP contribution is 2.27. The van der Waals surface area contributed by atoms with E-state index in [0.717, 1.165) is 5.56 Å². The number of methoxy groups -OCH3 is 1. The Bertz CT molecular complexity index is 829. The number of anilines is 1. The van der Waals surface area contributed by atoms with Crippen LogP contribution >= 0.6 is 27.5 Å². The molecule has 0 amide bonds. The van der Waals surface area contributed by atoms with Gasteiger partial charge in [0.05, 0.1) is 21.7 Å². The van der Waals surface area contributed by atoms with Crippen molar-refractivity contribution in [3.05, 3.63) is 51.7 Å². The molecule has 0 radical (unpaired) electrons. The summed E-state index contributed by atoms with van der Waals surface area (Å²) in [6.45, 7) is 3.79. The van der Waals surface area contributed by atoms with E-state index in [-0.39, 0.29) is 16.7 Å². The van der Waals surface area contributed by atoms with Crippen LogP contribution in [0.2, 0.25) is 5.02 Å². The van der Waals surface area contributed by atoms with Crippen molar-refractivity contribution in [2.24, 2.45) is 0 Å². The molecule has 1 atom stereocenters. The van der Waals surface area contributed by atoms with Gasteiger partial charge in [-0.3, -0.25) is 4.72 Å². The lowest BCUT2D eigenvalue weighted by atomic mass is 10.2. The van der Waals surface area contributed by atoms with Gasteiger partial charge in [0, 0.05) is 18.9 Å². The SMILES string of the molecule is COC(OC(C)C)c1ccc(S(=O)(=O)Nc2cc(Cl)cnc2Br)cc1. The molecule has 0 bridgehead atoms. The van der Waals surface area contributed by atoms with Gasteiger partial charge in [-0.15, -0.1) is 0 Å². The van der Waals surface area contributed by atoms with Crippen molar-refractivity contribution in [2.75, 3.05) is 11.8 Å². The first-order chi connectivity index (χ1) is 11.7. The van der Waals surface area contributed by atoms with E-state index in [1.165, 1.54) is 31.5 Å². The summed E-state index contributed by atoms with van der Waals surface area (Å²) in [7, 11) is -2.25. The molecule has 0 aliphatic carbocycles. The van der Waals surface area contributed by atoms with Gasteiger partial charge in [-0.2, -0.15) is 0 Å². The maximum atomic E-state index is 12.5. The Kier molecular flexibility index (Phi) is 6.81. The van der Waals surface area contributed by atoms with Crippen LogP contribution in [-0.2, 0) is 19.5 Å². The molecule has 0 saturated heterocycles. The van der Waals surface area contributed by atoms with E-state index in [0.29, 0.717) is 9.63 Å². The Balaban J connectivity index is 2.24. The molecule has 0 spiro atoms. The zero-order valence-electron chi connectivity index (χ0n) is 13.9. The van der Waals surface area contributed by atoms with E-state index in [1.54, 1.807) is 12.1 Å². The molecule has 6 nitrogen and oxygen atoms in total. The number of aromatic nitrogens is 1. The van der Waals surface area contributed by atoms with Crippen LogP contribution < -0.4 is 4.72 Å². The van der Waals surface area contributed by atoms with Gasteiger partial charge >= 0.3 is 0 Å². The molecular weight excluding hydrogens is 432 g/mol. The number of benzene rings is 1. The van der Waals surface area contributed by atoms with Crippen molar-refractivity contribution in [3.63, 3.8) is 0 Å². The number of nitrogens with zero attached hydrogens (tertiary/aromatic N) is 1. The highest BCUT2D eigenvalue weighted by molar-refractivity contribution is 9.10. The number of rotatable bonds is 7. The molecule has 1 heterocycles. The van der Waals surface area contributed by atoms with Crippen LogP contribution in [0.25, 0.3) is 0 Å². The van der Waals surface area contributed by atoms with Crippen molar-refractivity contribution in [1.29, 1.82) is 0 Å². The molecule has 1 aromatic carbocycles. The summed E-state index contributed by atoms with van der Waals surface area (Å²) < 4.78 is 38.8. The largest absolute Gasteiger partial charge is 0.352 e. The second-order valence-corrected chi connectivity index (χ2v) is 8.29. The number of nitrogens with one attached hydrogen (secondary N) is 1. The highest BCUT2D eigenvalue weighted by Gasteiger charge is 2.18. The zero-order chi connectivity index (χ0) is 18.6. The van der Waals surface area contributed by atoms with Gasteiger partial charge in [-0.25, -0.2) is 13.4 Å². The first-order valence-corrected chi connectivity index (χ1v) is 10.0. The van der Waals surface area contributed by atoms with Gasteiger partial charge in [0.1, 0.15) is 4.60 Å². The molecule has 9 heteroatoms. The number of halogens is 2. The molecule has 0 saturated carbocycles. The summed E-state index contributed by atoms with van der Waals surface area (Å²) in [5.74, 6) is 0. The van der Waals surface area contributed by atoms with E-state index < -0.39 is 16.3 Å². The Labute approximate surface area is 160 Å². The van der Waals surface area contributed by atoms with E-state index >= 15 is 0 Å². The summed E-state index contributed by atoms with van der Waals surface area (Å²) in [5.41, 5.74) is 0.982. The average molecular weight is 450 g/mol. The Hall–Kier alpha value is -1.19. The Morgan fingerprint density at radius 3 is 2.44 bits per heavy atom. The minimum absolute atomic E-state index is 0.0253. The minimum Gasteiger partial charge on any atom is -0.352 e. The van der Waals surface area contributed by atoms with Crippen molar-refractivity contribution in [2.45, 2.75) is 31.1 Å². The molecule has 1 N–H and O–H groups in total. The van der Waals surface area contributed by atoms with E-state index in [1.807, 2.05) is 13.8 Å². The van der Waals surface area contributed by atoms with Crippen molar-refractivity contribution in [3.8, 4) is 0 Å². The predicted molar refractivity (Wildman–Crippen MR) is 100 cm³/mol. The molecule has 1 aromatic heterocycles. The standard InChI is InChI=1S/C16H18BrClN2O4S/c1-10(2)24-16(23-3)11-4-6-13(7-5-11)25(21,22)20-14-8-12(18)9-19-15(14)17/h4-10,16,20H,1-3H3. The van der Waals surface area contributed by atoms with Crippen LogP contribution in [0.15, 0.2) is 46.0 Å². The number of hydrogen-bond acceptors (Lipinski definition) is 5. The second kappa shape index (κ2) is 8.46. The molecular formula is C16H18BrClN2O4S. The fraction of sp³-hybridized carbons (Fsp3) is 0.312. The maximum absolute atomic E-state index is 12.5. The van der Waals surface area contributed by atoms with Gasteiger partial charge in [-0.1, -0.05) is 23.7 Å². The number of pyridine rings is 1. The van der Waals surface area contributed by atoms with Gasteiger partial charge in [0.25, 0.3) is 10.0 Å². The van der Waals surface area contributed by atoms with Gasteiger partial charge in [-0.05, 0) is 48.0 Å². The number of ether oxygens (including phenoxy) is 2. The van der Waals surface area contributed by atoms with E-state index in [9.17, 15) is 8.42 Å². The topological polar surface area (TPSA) is 77.5 Å². The summed E-state index contributed by atoms with van der Waals surface area (Å²) >= 11 is 9.05. The molecule has 1 unspecified atom stereocenters. The quantitative estimate of drug-likeness (QED) is 0.502. The molecule has 0 aliphatic rings. The summed E-state index contributed by atoms with van der Waals surface area (Å²) in [6, 6.07) is 7.74. The molecule has 2 rings (SSSR count). The second-order valence-electron chi connectivity index (χ2n) is 5.42. The average Bonchev–Trinajstić information content (AvgIpc) is 2.56. The Morgan fingerprint density at radius 1 is 1.24 bits per heavy atom. The first kappa shape index (κ1) is 20.1. The molecule has 0 fully saturated rings. The smallest absolute Gasteiger partial charge is 0.261 e. The third kappa shape index (κ3) is 5.39. The molecule has 2 aromatic rings. The zero-order valence-corrected chi connectivity index (χ0v) is 17.0. The predicted octanol–water partition coefficient (Wildman–Crippen LogP) is 4.37. The fourth-order valence-electron chi connectivity index (χ4n) is 2.02. The van der Waals surface area contributed by atoms with Crippen molar-refractivity contribution in [1.82, 2.24) is 4.98 Å². The van der Waals surface area contributed by atoms with Crippen LogP contribution in [0, 0.1) is 0 Å². The normalized spacial score (nSPS) is 13.0. The van der Waals surface area contributed by atoms with Crippen molar-refractivity contribution >= 4 is 43.2 Å². The number of hydrogen-bond donors (Lipinski definition) is 1. The van der Waals surface area contributed by atoms with Crippen LogP contribution in [-0.4, -0.2) is 26.6 Å². The number of sulfonamides is 1. The van der Waals surface area contributed by atoms with Crippen LogP contribution in [0.5, 0.6) is 0 Å². The lowest BCUT2D eigenvalue weighted by Gasteiger charge is -2.19. The van der Waals surface area contributed by atoms with Crippen LogP contribution in [0.1, 0.15) is 25.7 Å². The van der Waals surface area contributed by atoms with Gasteiger partial charge in [0.2, 0.25) is 0 Å². The molecule has 0 aliphatic heterocycles. The first-order valence-electron chi connectivity index (χ1n) is 7.35. The van der Waals surface area contributed by atoms with E-state index in [2.05, 4.69) is 25.6 Å². The monoisotopic (exact) mass is 448 g/mol. The third-order valence-electron chi connectivity index (χ3n) is 3.12. The lowest BCUT2D eigenvalue weighted by molar-refractivity contribution is -0.150. The lowest BCUT2D eigenvalue weighted by Crippen LogP contribution is -2.15. The molecule has 25 heavy (non-hydrogen) atoms. The summed E-state index contributed by atoms with van der Waals surface area (Å²) in [5, 5.41) is 0.324. The van der Waals surface area contributed by atoms with E-state index in [4.69, 9.17) is 21.1 Å². The van der Waals surface area contributed by atoms with Crippen LogP contribution in [0.3, 0.4) is 0 Å². The Morgan fingerprint density at radius 2 is 1.88 bits per heavy atom.